The van der Waals surface area contributed by atoms with Gasteiger partial charge in [0.2, 0.25) is 5.91 Å². The first-order valence-corrected chi connectivity index (χ1v) is 8.49. The number of halogens is 2. The van der Waals surface area contributed by atoms with Crippen LogP contribution in [0.3, 0.4) is 0 Å². The van der Waals surface area contributed by atoms with Crippen molar-refractivity contribution in [2.75, 3.05) is 6.54 Å². The number of nitrogens with zero attached hydrogens (tertiary/aromatic N) is 1. The van der Waals surface area contributed by atoms with Gasteiger partial charge in [-0.05, 0) is 42.7 Å². The van der Waals surface area contributed by atoms with Gasteiger partial charge in [-0.3, -0.25) is 9.59 Å². The lowest BCUT2D eigenvalue weighted by Crippen LogP contribution is -2.41. The number of carbonyl (C=O) groups excluding carboxylic acids is 2. The fraction of sp³-hybridized carbons (Fsp3) is 0.263. The Bertz CT molecular complexity index is 775. The van der Waals surface area contributed by atoms with E-state index < -0.39 is 0 Å². The average molecular weight is 361 g/mol. The first kappa shape index (κ1) is 17.4. The molecular weight excluding hydrogens is 343 g/mol. The van der Waals surface area contributed by atoms with Crippen molar-refractivity contribution in [2.45, 2.75) is 25.4 Å². The molecule has 0 aromatic heterocycles. The van der Waals surface area contributed by atoms with E-state index in [1.165, 1.54) is 12.1 Å². The molecule has 2 aromatic rings. The van der Waals surface area contributed by atoms with Gasteiger partial charge in [0.05, 0.1) is 17.1 Å². The Kier molecular flexibility index (Phi) is 5.34. The predicted molar refractivity (Wildman–Crippen MR) is 93.8 cm³/mol. The highest BCUT2D eigenvalue weighted by molar-refractivity contribution is 6.33. The molecule has 0 radical (unpaired) electrons. The van der Waals surface area contributed by atoms with Crippen molar-refractivity contribution >= 4 is 23.4 Å². The molecule has 1 fully saturated rings. The van der Waals surface area contributed by atoms with Crippen molar-refractivity contribution in [1.29, 1.82) is 0 Å². The van der Waals surface area contributed by atoms with Crippen LogP contribution in [0.15, 0.2) is 48.5 Å². The second-order valence-corrected chi connectivity index (χ2v) is 6.45. The molecule has 0 unspecified atom stereocenters. The van der Waals surface area contributed by atoms with Gasteiger partial charge in [0.1, 0.15) is 5.82 Å². The van der Waals surface area contributed by atoms with Crippen molar-refractivity contribution in [1.82, 2.24) is 10.2 Å². The van der Waals surface area contributed by atoms with Crippen molar-refractivity contribution in [3.05, 3.63) is 70.5 Å². The van der Waals surface area contributed by atoms with Crippen molar-refractivity contribution in [3.63, 3.8) is 0 Å². The van der Waals surface area contributed by atoms with E-state index in [0.29, 0.717) is 17.1 Å². The third kappa shape index (κ3) is 4.57. The van der Waals surface area contributed by atoms with Crippen LogP contribution in [0.4, 0.5) is 4.39 Å². The molecule has 4 nitrogen and oxygen atoms in total. The standard InChI is InChI=1S/C19H18ClFN2O2/c20-17-4-2-1-3-16(17)19(25)22-11-18(24)23(15-9-10-15)12-13-5-7-14(21)8-6-13/h1-8,15H,9-12H2,(H,22,25). The first-order chi connectivity index (χ1) is 12.0. The molecular formula is C19H18ClFN2O2. The summed E-state index contributed by atoms with van der Waals surface area (Å²) in [5.41, 5.74) is 1.20. The summed E-state index contributed by atoms with van der Waals surface area (Å²) in [5, 5.41) is 2.97. The smallest absolute Gasteiger partial charge is 0.253 e. The molecule has 0 heterocycles. The second kappa shape index (κ2) is 7.66. The van der Waals surface area contributed by atoms with E-state index in [0.717, 1.165) is 18.4 Å². The van der Waals surface area contributed by atoms with E-state index in [1.54, 1.807) is 41.3 Å². The van der Waals surface area contributed by atoms with E-state index in [4.69, 9.17) is 11.6 Å². The highest BCUT2D eigenvalue weighted by Gasteiger charge is 2.32. The number of nitrogens with one attached hydrogen (secondary N) is 1. The summed E-state index contributed by atoms with van der Waals surface area (Å²) in [4.78, 5) is 26.4. The number of carbonyl (C=O) groups is 2. The summed E-state index contributed by atoms with van der Waals surface area (Å²) in [6.07, 6.45) is 1.90. The van der Waals surface area contributed by atoms with Gasteiger partial charge in [0.15, 0.2) is 0 Å². The number of amides is 2. The number of rotatable bonds is 6. The molecule has 1 aliphatic rings. The molecule has 1 aliphatic carbocycles. The van der Waals surface area contributed by atoms with Crippen LogP contribution in [0.2, 0.25) is 5.02 Å². The lowest BCUT2D eigenvalue weighted by atomic mass is 10.2. The molecule has 0 bridgehead atoms. The molecule has 1 N–H and O–H groups in total. The second-order valence-electron chi connectivity index (χ2n) is 6.04. The normalized spacial score (nSPS) is 13.4. The zero-order chi connectivity index (χ0) is 17.8. The quantitative estimate of drug-likeness (QED) is 0.858. The maximum Gasteiger partial charge on any atom is 0.253 e. The van der Waals surface area contributed by atoms with Crippen LogP contribution in [0.25, 0.3) is 0 Å². The van der Waals surface area contributed by atoms with Gasteiger partial charge >= 0.3 is 0 Å². The van der Waals surface area contributed by atoms with Crippen LogP contribution in [0, 0.1) is 5.82 Å². The molecule has 0 aliphatic heterocycles. The van der Waals surface area contributed by atoms with Crippen LogP contribution >= 0.6 is 11.6 Å². The average Bonchev–Trinajstić information content (AvgIpc) is 3.44. The molecule has 1 saturated carbocycles. The fourth-order valence-corrected chi connectivity index (χ4v) is 2.81. The topological polar surface area (TPSA) is 49.4 Å². The molecule has 2 aromatic carbocycles. The zero-order valence-electron chi connectivity index (χ0n) is 13.5. The SMILES string of the molecule is O=C(NCC(=O)N(Cc1ccc(F)cc1)C1CC1)c1ccccc1Cl. The Morgan fingerprint density at radius 2 is 1.80 bits per heavy atom. The van der Waals surface area contributed by atoms with Crippen LogP contribution in [0.1, 0.15) is 28.8 Å². The molecule has 0 saturated heterocycles. The van der Waals surface area contributed by atoms with Gasteiger partial charge in [0.25, 0.3) is 5.91 Å². The lowest BCUT2D eigenvalue weighted by molar-refractivity contribution is -0.131. The summed E-state index contributed by atoms with van der Waals surface area (Å²) in [7, 11) is 0. The van der Waals surface area contributed by atoms with Gasteiger partial charge < -0.3 is 10.2 Å². The largest absolute Gasteiger partial charge is 0.343 e. The van der Waals surface area contributed by atoms with E-state index >= 15 is 0 Å². The minimum Gasteiger partial charge on any atom is -0.343 e. The number of hydrogen-bond donors (Lipinski definition) is 1. The zero-order valence-corrected chi connectivity index (χ0v) is 14.3. The third-order valence-corrected chi connectivity index (χ3v) is 4.42. The summed E-state index contributed by atoms with van der Waals surface area (Å²) in [5.74, 6) is -0.844. The first-order valence-electron chi connectivity index (χ1n) is 8.11. The van der Waals surface area contributed by atoms with Crippen LogP contribution in [0.5, 0.6) is 0 Å². The van der Waals surface area contributed by atoms with Crippen molar-refractivity contribution in [2.24, 2.45) is 0 Å². The van der Waals surface area contributed by atoms with Gasteiger partial charge in [-0.1, -0.05) is 35.9 Å². The maximum absolute atomic E-state index is 13.0. The van der Waals surface area contributed by atoms with E-state index in [9.17, 15) is 14.0 Å². The molecule has 3 rings (SSSR count). The van der Waals surface area contributed by atoms with Crippen molar-refractivity contribution in [3.8, 4) is 0 Å². The van der Waals surface area contributed by atoms with E-state index in [1.807, 2.05) is 0 Å². The predicted octanol–water partition coefficient (Wildman–Crippen LogP) is 3.40. The van der Waals surface area contributed by atoms with Crippen LogP contribution in [-0.2, 0) is 11.3 Å². The molecule has 0 spiro atoms. The van der Waals surface area contributed by atoms with Gasteiger partial charge in [0, 0.05) is 12.6 Å². The van der Waals surface area contributed by atoms with Crippen LogP contribution < -0.4 is 5.32 Å². The lowest BCUT2D eigenvalue weighted by Gasteiger charge is -2.23. The molecule has 6 heteroatoms. The summed E-state index contributed by atoms with van der Waals surface area (Å²) in [6.45, 7) is 0.313. The van der Waals surface area contributed by atoms with E-state index in [2.05, 4.69) is 5.32 Å². The third-order valence-electron chi connectivity index (χ3n) is 4.09. The van der Waals surface area contributed by atoms with Crippen molar-refractivity contribution < 1.29 is 14.0 Å². The highest BCUT2D eigenvalue weighted by atomic mass is 35.5. The van der Waals surface area contributed by atoms with Crippen LogP contribution in [-0.4, -0.2) is 29.3 Å². The number of benzene rings is 2. The summed E-state index contributed by atoms with van der Waals surface area (Å²) in [6, 6.07) is 13.0. The Labute approximate surface area is 150 Å². The Hall–Kier alpha value is -2.40. The minimum atomic E-state index is -0.378. The highest BCUT2D eigenvalue weighted by Crippen LogP contribution is 2.28. The Morgan fingerprint density at radius 1 is 1.12 bits per heavy atom. The fourth-order valence-electron chi connectivity index (χ4n) is 2.59. The molecule has 25 heavy (non-hydrogen) atoms. The summed E-state index contributed by atoms with van der Waals surface area (Å²) >= 11 is 5.99. The monoisotopic (exact) mass is 360 g/mol. The van der Waals surface area contributed by atoms with E-state index in [-0.39, 0.29) is 30.2 Å². The molecule has 0 atom stereocenters. The van der Waals surface area contributed by atoms with Gasteiger partial charge in [-0.25, -0.2) is 4.39 Å². The Balaban J connectivity index is 1.60. The molecule has 130 valence electrons. The maximum atomic E-state index is 13.0. The minimum absolute atomic E-state index is 0.0955. The molecule has 2 amide bonds. The number of hydrogen-bond acceptors (Lipinski definition) is 2. The Morgan fingerprint density at radius 3 is 2.44 bits per heavy atom. The van der Waals surface area contributed by atoms with Gasteiger partial charge in [-0.15, -0.1) is 0 Å². The summed E-state index contributed by atoms with van der Waals surface area (Å²) < 4.78 is 13.0. The van der Waals surface area contributed by atoms with Gasteiger partial charge in [-0.2, -0.15) is 0 Å².